The van der Waals surface area contributed by atoms with E-state index in [1.54, 1.807) is 7.05 Å². The fraction of sp³-hybridized carbons (Fsp3) is 0.471. The molecule has 8 heteroatoms. The van der Waals surface area contributed by atoms with Gasteiger partial charge in [0.15, 0.2) is 0 Å². The summed E-state index contributed by atoms with van der Waals surface area (Å²) in [5.41, 5.74) is 9.71. The number of primary amides is 1. The van der Waals surface area contributed by atoms with Crippen LogP contribution in [0.15, 0.2) is 34.4 Å². The van der Waals surface area contributed by atoms with E-state index in [-0.39, 0.29) is 18.4 Å². The smallest absolute Gasteiger partial charge is 0.314 e. The lowest BCUT2D eigenvalue weighted by Gasteiger charge is -2.25. The number of nitrogens with one attached hydrogen (secondary N) is 1. The number of carbonyl (C=O) groups excluding carboxylic acids is 1. The van der Waals surface area contributed by atoms with Crippen molar-refractivity contribution in [3.05, 3.63) is 35.4 Å². The molecule has 0 spiro atoms. The molecule has 0 bridgehead atoms. The number of hydrazone groups is 1. The zero-order valence-electron chi connectivity index (χ0n) is 14.5. The first-order valence-electron chi connectivity index (χ1n) is 8.05. The monoisotopic (exact) mass is 349 g/mol. The number of carbonyl (C=O) groups is 1. The zero-order chi connectivity index (χ0) is 18.4. The number of amides is 1. The standard InChI is InChI=1S/C17H24FN5O2/c1-12-6-4-5-7-13(12)17(9-10-17)15(20-2)22-25-16(18)23(21-3)11-8-14(19)24/h4-7,16H,3,8-11H2,1-2H3,(H2,19,24)(H,20,22). The number of halogens is 1. The van der Waals surface area contributed by atoms with Gasteiger partial charge >= 0.3 is 6.48 Å². The van der Waals surface area contributed by atoms with Crippen molar-refractivity contribution in [3.63, 3.8) is 0 Å². The van der Waals surface area contributed by atoms with E-state index in [9.17, 15) is 9.18 Å². The predicted molar refractivity (Wildman–Crippen MR) is 94.6 cm³/mol. The van der Waals surface area contributed by atoms with Crippen molar-refractivity contribution in [1.82, 2.24) is 10.5 Å². The topological polar surface area (TPSA) is 92.3 Å². The molecule has 1 fully saturated rings. The Morgan fingerprint density at radius 1 is 1.52 bits per heavy atom. The van der Waals surface area contributed by atoms with E-state index in [4.69, 9.17) is 10.6 Å². The van der Waals surface area contributed by atoms with Crippen molar-refractivity contribution in [1.29, 1.82) is 0 Å². The Hall–Kier alpha value is -2.48. The molecular formula is C17H24FN5O2. The zero-order valence-corrected chi connectivity index (χ0v) is 14.5. The first-order chi connectivity index (χ1) is 11.9. The minimum Gasteiger partial charge on any atom is -0.370 e. The number of aryl methyl sites for hydroxylation is 1. The van der Waals surface area contributed by atoms with Crippen LogP contribution in [0, 0.1) is 6.92 Å². The average Bonchev–Trinajstić information content (AvgIpc) is 3.37. The van der Waals surface area contributed by atoms with E-state index in [2.05, 4.69) is 22.3 Å². The summed E-state index contributed by atoms with van der Waals surface area (Å²) in [7, 11) is 1.63. The van der Waals surface area contributed by atoms with Gasteiger partial charge in [0.1, 0.15) is 5.84 Å². The van der Waals surface area contributed by atoms with Crippen LogP contribution in [0.3, 0.4) is 0 Å². The quantitative estimate of drug-likeness (QED) is 0.233. The number of alkyl halides is 1. The summed E-state index contributed by atoms with van der Waals surface area (Å²) in [4.78, 5) is 20.1. The van der Waals surface area contributed by atoms with Crippen molar-refractivity contribution >= 4 is 18.5 Å². The third kappa shape index (κ3) is 4.33. The Labute approximate surface area is 146 Å². The van der Waals surface area contributed by atoms with Gasteiger partial charge < -0.3 is 5.73 Å². The molecule has 1 aliphatic carbocycles. The van der Waals surface area contributed by atoms with Crippen molar-refractivity contribution in [2.24, 2.45) is 15.8 Å². The SMILES string of the molecule is C=NN(CCC(N)=O)C(F)ONC(=NC)C1(c2ccccc2C)CC1. The molecular weight excluding hydrogens is 325 g/mol. The third-order valence-electron chi connectivity index (χ3n) is 4.34. The first-order valence-corrected chi connectivity index (χ1v) is 8.05. The number of benzene rings is 1. The molecule has 2 rings (SSSR count). The van der Waals surface area contributed by atoms with Crippen molar-refractivity contribution in [3.8, 4) is 0 Å². The molecule has 1 aliphatic rings. The van der Waals surface area contributed by atoms with Crippen LogP contribution >= 0.6 is 0 Å². The summed E-state index contributed by atoms with van der Waals surface area (Å²) in [5.74, 6) is 0.00414. The largest absolute Gasteiger partial charge is 0.370 e. The van der Waals surface area contributed by atoms with Crippen molar-refractivity contribution in [2.75, 3.05) is 13.6 Å². The summed E-state index contributed by atoms with van der Waals surface area (Å²) in [6, 6.07) is 8.04. The van der Waals surface area contributed by atoms with Gasteiger partial charge in [-0.15, -0.1) is 0 Å². The number of hydroxylamine groups is 1. The highest BCUT2D eigenvalue weighted by Gasteiger charge is 2.50. The van der Waals surface area contributed by atoms with Gasteiger partial charge in [0.05, 0.1) is 12.0 Å². The maximum atomic E-state index is 14.2. The minimum atomic E-state index is -1.92. The molecule has 1 amide bonds. The van der Waals surface area contributed by atoms with Crippen LogP contribution in [0.4, 0.5) is 4.39 Å². The average molecular weight is 349 g/mol. The van der Waals surface area contributed by atoms with Crippen molar-refractivity contribution in [2.45, 2.75) is 38.1 Å². The van der Waals surface area contributed by atoms with Gasteiger partial charge in [-0.25, -0.2) is 15.3 Å². The number of rotatable bonds is 9. The molecule has 1 atom stereocenters. The molecule has 3 N–H and O–H groups in total. The van der Waals surface area contributed by atoms with E-state index in [0.29, 0.717) is 5.84 Å². The van der Waals surface area contributed by atoms with E-state index < -0.39 is 12.4 Å². The van der Waals surface area contributed by atoms with Crippen LogP contribution in [0.2, 0.25) is 0 Å². The lowest BCUT2D eigenvalue weighted by atomic mass is 9.91. The molecule has 0 aromatic heterocycles. The molecule has 1 aromatic carbocycles. The van der Waals surface area contributed by atoms with Gasteiger partial charge in [-0.2, -0.15) is 9.49 Å². The summed E-state index contributed by atoms with van der Waals surface area (Å²) < 4.78 is 14.2. The maximum Gasteiger partial charge on any atom is 0.314 e. The van der Waals surface area contributed by atoms with E-state index in [1.165, 1.54) is 0 Å². The van der Waals surface area contributed by atoms with Gasteiger partial charge in [-0.05, 0) is 30.9 Å². The summed E-state index contributed by atoms with van der Waals surface area (Å²) in [5, 5.41) is 4.41. The first kappa shape index (κ1) is 18.9. The molecule has 136 valence electrons. The Bertz CT molecular complexity index is 660. The maximum absolute atomic E-state index is 14.2. The summed E-state index contributed by atoms with van der Waals surface area (Å²) in [6.07, 6.45) is 1.76. The van der Waals surface area contributed by atoms with Gasteiger partial charge in [-0.3, -0.25) is 9.79 Å². The number of nitrogens with two attached hydrogens (primary N) is 1. The number of aliphatic imine (C=N–C) groups is 1. The van der Waals surface area contributed by atoms with Gasteiger partial charge in [0, 0.05) is 20.2 Å². The molecule has 0 radical (unpaired) electrons. The molecule has 0 aliphatic heterocycles. The number of hydrogen-bond acceptors (Lipinski definition) is 5. The second kappa shape index (κ2) is 8.06. The van der Waals surface area contributed by atoms with Crippen LogP contribution in [0.25, 0.3) is 0 Å². The molecule has 0 heterocycles. The van der Waals surface area contributed by atoms with Gasteiger partial charge in [0.2, 0.25) is 5.91 Å². The normalized spacial score (nSPS) is 16.8. The summed E-state index contributed by atoms with van der Waals surface area (Å²) in [6.45, 7) is 3.37. The highest BCUT2D eigenvalue weighted by Crippen LogP contribution is 2.50. The highest BCUT2D eigenvalue weighted by molar-refractivity contribution is 5.95. The van der Waals surface area contributed by atoms with Crippen molar-refractivity contribution < 1.29 is 14.0 Å². The Kier molecular flexibility index (Phi) is 6.08. The summed E-state index contributed by atoms with van der Waals surface area (Å²) >= 11 is 0. The van der Waals surface area contributed by atoms with Crippen LogP contribution in [0.1, 0.15) is 30.4 Å². The Morgan fingerprint density at radius 3 is 2.72 bits per heavy atom. The number of nitrogens with zero attached hydrogens (tertiary/aromatic N) is 3. The number of amidine groups is 1. The minimum absolute atomic E-state index is 0.0246. The molecule has 0 saturated heterocycles. The molecule has 1 aromatic rings. The van der Waals surface area contributed by atoms with E-state index >= 15 is 0 Å². The predicted octanol–water partition coefficient (Wildman–Crippen LogP) is 1.62. The highest BCUT2D eigenvalue weighted by atomic mass is 19.1. The fourth-order valence-corrected chi connectivity index (χ4v) is 2.85. The molecule has 1 saturated carbocycles. The van der Waals surface area contributed by atoms with Crippen LogP contribution in [0.5, 0.6) is 0 Å². The fourth-order valence-electron chi connectivity index (χ4n) is 2.85. The van der Waals surface area contributed by atoms with E-state index in [1.807, 2.05) is 31.2 Å². The Balaban J connectivity index is 2.02. The van der Waals surface area contributed by atoms with Crippen LogP contribution < -0.4 is 11.2 Å². The lowest BCUT2D eigenvalue weighted by molar-refractivity contribution is -0.167. The third-order valence-corrected chi connectivity index (χ3v) is 4.34. The molecule has 25 heavy (non-hydrogen) atoms. The van der Waals surface area contributed by atoms with Crippen LogP contribution in [-0.4, -0.2) is 43.5 Å². The van der Waals surface area contributed by atoms with Gasteiger partial charge in [0.25, 0.3) is 0 Å². The second-order valence-corrected chi connectivity index (χ2v) is 6.00. The lowest BCUT2D eigenvalue weighted by Crippen LogP contribution is -2.42. The molecule has 1 unspecified atom stereocenters. The van der Waals surface area contributed by atoms with E-state index in [0.717, 1.165) is 29.0 Å². The number of hydrogen-bond donors (Lipinski definition) is 2. The van der Waals surface area contributed by atoms with Crippen LogP contribution in [-0.2, 0) is 15.0 Å². The Morgan fingerprint density at radius 2 is 2.20 bits per heavy atom. The molecule has 7 nitrogen and oxygen atoms in total. The second-order valence-electron chi connectivity index (χ2n) is 6.00. The van der Waals surface area contributed by atoms with Gasteiger partial charge in [-0.1, -0.05) is 24.3 Å².